The molecule has 2 aromatic heterocycles. The lowest BCUT2D eigenvalue weighted by molar-refractivity contribution is 0.356. The van der Waals surface area contributed by atoms with Gasteiger partial charge in [-0.1, -0.05) is 6.07 Å². The summed E-state index contributed by atoms with van der Waals surface area (Å²) in [7, 11) is 4.80. The monoisotopic (exact) mass is 314 g/mol. The Labute approximate surface area is 133 Å². The van der Waals surface area contributed by atoms with E-state index in [-0.39, 0.29) is 0 Å². The molecule has 2 heterocycles. The number of benzene rings is 1. The molecular formula is C16H18N4O3. The first-order valence-electron chi connectivity index (χ1n) is 7.09. The highest BCUT2D eigenvalue weighted by molar-refractivity contribution is 5.81. The number of imidazole rings is 1. The molecule has 2 N–H and O–H groups in total. The first-order valence-corrected chi connectivity index (χ1v) is 7.09. The summed E-state index contributed by atoms with van der Waals surface area (Å²) >= 11 is 0. The van der Waals surface area contributed by atoms with Gasteiger partial charge in [-0.05, 0) is 6.07 Å². The lowest BCUT2D eigenvalue weighted by atomic mass is 10.3. The molecule has 0 aliphatic rings. The second-order valence-corrected chi connectivity index (χ2v) is 4.83. The molecule has 0 saturated carbocycles. The number of nitrogens with zero attached hydrogens (tertiary/aromatic N) is 2. The minimum Gasteiger partial charge on any atom is -0.493 e. The van der Waals surface area contributed by atoms with Gasteiger partial charge in [0.2, 0.25) is 11.8 Å². The van der Waals surface area contributed by atoms with Crippen LogP contribution in [0.2, 0.25) is 0 Å². The van der Waals surface area contributed by atoms with Crippen molar-refractivity contribution in [3.63, 3.8) is 0 Å². The van der Waals surface area contributed by atoms with Gasteiger partial charge in [-0.2, -0.15) is 0 Å². The standard InChI is InChI=1S/C16H18N4O3/c1-21-13-7-11-12(8-14(13)22-2)20-16(19-11)17-9-10-5-4-6-15(18-10)23-3/h4-8H,9H2,1-3H3,(H2,17,19,20). The molecule has 0 unspecified atom stereocenters. The zero-order valence-electron chi connectivity index (χ0n) is 13.2. The van der Waals surface area contributed by atoms with E-state index in [1.807, 2.05) is 30.3 Å². The molecule has 0 fully saturated rings. The Morgan fingerprint density at radius 3 is 2.52 bits per heavy atom. The lowest BCUT2D eigenvalue weighted by Crippen LogP contribution is -2.03. The molecule has 120 valence electrons. The van der Waals surface area contributed by atoms with Crippen LogP contribution in [-0.2, 0) is 6.54 Å². The van der Waals surface area contributed by atoms with Crippen LogP contribution in [0.1, 0.15) is 5.69 Å². The van der Waals surface area contributed by atoms with Crippen LogP contribution in [0.4, 0.5) is 5.95 Å². The van der Waals surface area contributed by atoms with Crippen molar-refractivity contribution in [2.45, 2.75) is 6.54 Å². The van der Waals surface area contributed by atoms with E-state index < -0.39 is 0 Å². The van der Waals surface area contributed by atoms with Crippen LogP contribution in [0.25, 0.3) is 11.0 Å². The van der Waals surface area contributed by atoms with Gasteiger partial charge in [0.05, 0.1) is 44.6 Å². The van der Waals surface area contributed by atoms with Gasteiger partial charge in [-0.15, -0.1) is 0 Å². The summed E-state index contributed by atoms with van der Waals surface area (Å²) in [6.45, 7) is 0.533. The quantitative estimate of drug-likeness (QED) is 0.728. The number of methoxy groups -OCH3 is 3. The maximum atomic E-state index is 5.29. The SMILES string of the molecule is COc1cccc(CNc2nc3cc(OC)c(OC)cc3[nH]2)n1. The second-order valence-electron chi connectivity index (χ2n) is 4.83. The molecule has 0 bridgehead atoms. The van der Waals surface area contributed by atoms with Crippen molar-refractivity contribution in [1.29, 1.82) is 0 Å². The molecule has 3 rings (SSSR count). The Morgan fingerprint density at radius 1 is 1.00 bits per heavy atom. The summed E-state index contributed by atoms with van der Waals surface area (Å²) in [6.07, 6.45) is 0. The first kappa shape index (κ1) is 15.0. The lowest BCUT2D eigenvalue weighted by Gasteiger charge is -2.06. The van der Waals surface area contributed by atoms with Crippen LogP contribution in [0, 0.1) is 0 Å². The third kappa shape index (κ3) is 3.13. The van der Waals surface area contributed by atoms with Gasteiger partial charge in [0, 0.05) is 18.2 Å². The minimum atomic E-state index is 0.533. The molecule has 1 aromatic carbocycles. The fourth-order valence-electron chi connectivity index (χ4n) is 2.26. The highest BCUT2D eigenvalue weighted by atomic mass is 16.5. The van der Waals surface area contributed by atoms with E-state index in [1.165, 1.54) is 0 Å². The maximum absolute atomic E-state index is 5.29. The van der Waals surface area contributed by atoms with Gasteiger partial charge in [-0.3, -0.25) is 0 Å². The predicted molar refractivity (Wildman–Crippen MR) is 87.3 cm³/mol. The highest BCUT2D eigenvalue weighted by Gasteiger charge is 2.10. The normalized spacial score (nSPS) is 10.6. The van der Waals surface area contributed by atoms with Crippen LogP contribution in [0.5, 0.6) is 17.4 Å². The number of pyridine rings is 1. The molecular weight excluding hydrogens is 296 g/mol. The molecule has 0 aliphatic carbocycles. The van der Waals surface area contributed by atoms with E-state index in [9.17, 15) is 0 Å². The van der Waals surface area contributed by atoms with E-state index in [0.717, 1.165) is 16.7 Å². The fraction of sp³-hybridized carbons (Fsp3) is 0.250. The number of H-pyrrole nitrogens is 1. The van der Waals surface area contributed by atoms with Crippen molar-refractivity contribution in [2.75, 3.05) is 26.6 Å². The Kier molecular flexibility index (Phi) is 4.18. The van der Waals surface area contributed by atoms with E-state index in [4.69, 9.17) is 14.2 Å². The van der Waals surface area contributed by atoms with Crippen molar-refractivity contribution in [3.05, 3.63) is 36.0 Å². The molecule has 0 spiro atoms. The van der Waals surface area contributed by atoms with Gasteiger partial charge in [0.15, 0.2) is 11.5 Å². The van der Waals surface area contributed by atoms with E-state index in [2.05, 4.69) is 20.3 Å². The molecule has 7 heteroatoms. The van der Waals surface area contributed by atoms with Crippen LogP contribution in [-0.4, -0.2) is 36.3 Å². The molecule has 0 atom stereocenters. The summed E-state index contributed by atoms with van der Waals surface area (Å²) in [6, 6.07) is 9.32. The number of anilines is 1. The summed E-state index contributed by atoms with van der Waals surface area (Å²) < 4.78 is 15.7. The van der Waals surface area contributed by atoms with E-state index in [1.54, 1.807) is 21.3 Å². The Hall–Kier alpha value is -2.96. The Morgan fingerprint density at radius 2 is 1.78 bits per heavy atom. The second kappa shape index (κ2) is 6.43. The third-order valence-corrected chi connectivity index (χ3v) is 3.41. The van der Waals surface area contributed by atoms with Crippen LogP contribution < -0.4 is 19.5 Å². The number of hydrogen-bond donors (Lipinski definition) is 2. The predicted octanol–water partition coefficient (Wildman–Crippen LogP) is 2.60. The van der Waals surface area contributed by atoms with Gasteiger partial charge in [0.1, 0.15) is 0 Å². The van der Waals surface area contributed by atoms with Gasteiger partial charge < -0.3 is 24.5 Å². The molecule has 3 aromatic rings. The van der Waals surface area contributed by atoms with E-state index in [0.29, 0.717) is 29.9 Å². The Bertz CT molecular complexity index is 775. The van der Waals surface area contributed by atoms with Gasteiger partial charge in [-0.25, -0.2) is 9.97 Å². The Balaban J connectivity index is 1.80. The van der Waals surface area contributed by atoms with Crippen molar-refractivity contribution >= 4 is 17.0 Å². The average molecular weight is 314 g/mol. The molecule has 0 amide bonds. The summed E-state index contributed by atoms with van der Waals surface area (Å²) in [4.78, 5) is 12.0. The molecule has 0 saturated heterocycles. The van der Waals surface area contributed by atoms with Crippen LogP contribution in [0.15, 0.2) is 30.3 Å². The summed E-state index contributed by atoms with van der Waals surface area (Å²) in [5.74, 6) is 2.54. The van der Waals surface area contributed by atoms with Crippen molar-refractivity contribution in [1.82, 2.24) is 15.0 Å². The van der Waals surface area contributed by atoms with Crippen molar-refractivity contribution in [3.8, 4) is 17.4 Å². The van der Waals surface area contributed by atoms with Crippen molar-refractivity contribution in [2.24, 2.45) is 0 Å². The zero-order chi connectivity index (χ0) is 16.2. The molecule has 0 radical (unpaired) electrons. The van der Waals surface area contributed by atoms with Gasteiger partial charge in [0.25, 0.3) is 0 Å². The molecule has 23 heavy (non-hydrogen) atoms. The number of aromatic amines is 1. The van der Waals surface area contributed by atoms with Gasteiger partial charge >= 0.3 is 0 Å². The summed E-state index contributed by atoms with van der Waals surface area (Å²) in [5.41, 5.74) is 2.52. The smallest absolute Gasteiger partial charge is 0.213 e. The average Bonchev–Trinajstić information content (AvgIpc) is 3.00. The van der Waals surface area contributed by atoms with Crippen LogP contribution >= 0.6 is 0 Å². The topological polar surface area (TPSA) is 81.3 Å². The van der Waals surface area contributed by atoms with E-state index >= 15 is 0 Å². The minimum absolute atomic E-state index is 0.533. The van der Waals surface area contributed by atoms with Crippen LogP contribution in [0.3, 0.4) is 0 Å². The number of rotatable bonds is 6. The number of hydrogen-bond acceptors (Lipinski definition) is 6. The highest BCUT2D eigenvalue weighted by Crippen LogP contribution is 2.31. The largest absolute Gasteiger partial charge is 0.493 e. The number of nitrogens with one attached hydrogen (secondary N) is 2. The maximum Gasteiger partial charge on any atom is 0.213 e. The number of aromatic nitrogens is 3. The fourth-order valence-corrected chi connectivity index (χ4v) is 2.26. The third-order valence-electron chi connectivity index (χ3n) is 3.41. The number of fused-ring (bicyclic) bond motifs is 1. The zero-order valence-corrected chi connectivity index (χ0v) is 13.2. The first-order chi connectivity index (χ1) is 11.2. The number of ether oxygens (including phenoxy) is 3. The summed E-state index contributed by atoms with van der Waals surface area (Å²) in [5, 5.41) is 3.21. The van der Waals surface area contributed by atoms with Crippen molar-refractivity contribution < 1.29 is 14.2 Å². The molecule has 7 nitrogen and oxygen atoms in total. The molecule has 0 aliphatic heterocycles.